The Bertz CT molecular complexity index is 426. The predicted octanol–water partition coefficient (Wildman–Crippen LogP) is -0.00830. The minimum atomic E-state index is -0.808. The number of hydrogen-bond acceptors (Lipinski definition) is 4. The molecule has 86 valence electrons. The maximum absolute atomic E-state index is 12.0. The Labute approximate surface area is 95.6 Å². The lowest BCUT2D eigenvalue weighted by Gasteiger charge is -2.26. The molecule has 0 aliphatic carbocycles. The second-order valence-electron chi connectivity index (χ2n) is 3.53. The van der Waals surface area contributed by atoms with Crippen LogP contribution in [0.3, 0.4) is 0 Å². The van der Waals surface area contributed by atoms with Gasteiger partial charge in [-0.05, 0) is 6.07 Å². The zero-order valence-electron chi connectivity index (χ0n) is 8.63. The van der Waals surface area contributed by atoms with Crippen LogP contribution in [0.1, 0.15) is 10.4 Å². The highest BCUT2D eigenvalue weighted by atomic mass is 32.2. The highest BCUT2D eigenvalue weighted by Gasteiger charge is 2.22. The van der Waals surface area contributed by atoms with Crippen LogP contribution in [-0.4, -0.2) is 49.7 Å². The Morgan fingerprint density at radius 1 is 1.44 bits per heavy atom. The average Bonchev–Trinajstić information content (AvgIpc) is 2.30. The number of aromatic hydroxyl groups is 1. The minimum Gasteiger partial charge on any atom is -0.505 e. The van der Waals surface area contributed by atoms with Crippen molar-refractivity contribution in [3.05, 3.63) is 24.0 Å². The van der Waals surface area contributed by atoms with Gasteiger partial charge in [-0.25, -0.2) is 0 Å². The normalized spacial score (nSPS) is 17.4. The van der Waals surface area contributed by atoms with Crippen molar-refractivity contribution in [3.63, 3.8) is 0 Å². The molecule has 1 aromatic rings. The SMILES string of the molecule is O=C(c1ccncc1O)N1CCS(=O)CC1. The number of carbonyl (C=O) groups excluding carboxylic acids is 1. The van der Waals surface area contributed by atoms with Crippen molar-refractivity contribution in [1.82, 2.24) is 9.88 Å². The van der Waals surface area contributed by atoms with E-state index in [0.717, 1.165) is 0 Å². The molecule has 1 aliphatic heterocycles. The molecule has 2 rings (SSSR count). The van der Waals surface area contributed by atoms with Gasteiger partial charge in [-0.2, -0.15) is 0 Å². The number of carbonyl (C=O) groups is 1. The summed E-state index contributed by atoms with van der Waals surface area (Å²) < 4.78 is 11.1. The molecule has 1 amide bonds. The molecule has 0 aromatic carbocycles. The third kappa shape index (κ3) is 2.21. The second-order valence-corrected chi connectivity index (χ2v) is 5.23. The van der Waals surface area contributed by atoms with E-state index in [9.17, 15) is 14.1 Å². The Kier molecular flexibility index (Phi) is 3.19. The minimum absolute atomic E-state index is 0.112. The fraction of sp³-hybridized carbons (Fsp3) is 0.400. The van der Waals surface area contributed by atoms with Gasteiger partial charge in [-0.15, -0.1) is 0 Å². The maximum atomic E-state index is 12.0. The topological polar surface area (TPSA) is 70.5 Å². The molecule has 16 heavy (non-hydrogen) atoms. The molecule has 1 aliphatic rings. The van der Waals surface area contributed by atoms with Crippen molar-refractivity contribution in [2.45, 2.75) is 0 Å². The third-order valence-electron chi connectivity index (χ3n) is 2.50. The van der Waals surface area contributed by atoms with Crippen molar-refractivity contribution < 1.29 is 14.1 Å². The zero-order chi connectivity index (χ0) is 11.5. The van der Waals surface area contributed by atoms with E-state index in [-0.39, 0.29) is 17.2 Å². The first-order valence-electron chi connectivity index (χ1n) is 4.95. The summed E-state index contributed by atoms with van der Waals surface area (Å²) in [4.78, 5) is 17.3. The standard InChI is InChI=1S/C10H12N2O3S/c13-9-7-11-2-1-8(9)10(14)12-3-5-16(15)6-4-12/h1-2,7,13H,3-6H2. The van der Waals surface area contributed by atoms with E-state index in [1.54, 1.807) is 4.90 Å². The van der Waals surface area contributed by atoms with Gasteiger partial charge in [0.15, 0.2) is 0 Å². The van der Waals surface area contributed by atoms with Crippen LogP contribution >= 0.6 is 0 Å². The summed E-state index contributed by atoms with van der Waals surface area (Å²) in [5.41, 5.74) is 0.252. The van der Waals surface area contributed by atoms with Gasteiger partial charge in [0.25, 0.3) is 5.91 Å². The van der Waals surface area contributed by atoms with Gasteiger partial charge in [-0.3, -0.25) is 14.0 Å². The number of amides is 1. The molecule has 0 radical (unpaired) electrons. The largest absolute Gasteiger partial charge is 0.505 e. The molecular formula is C10H12N2O3S. The van der Waals surface area contributed by atoms with Crippen LogP contribution in [0.2, 0.25) is 0 Å². The van der Waals surface area contributed by atoms with Gasteiger partial charge in [0, 0.05) is 41.6 Å². The summed E-state index contributed by atoms with van der Waals surface area (Å²) in [7, 11) is -0.808. The van der Waals surface area contributed by atoms with Crippen molar-refractivity contribution in [2.75, 3.05) is 24.6 Å². The molecule has 1 fully saturated rings. The molecule has 0 atom stereocenters. The summed E-state index contributed by atoms with van der Waals surface area (Å²) in [5, 5.41) is 9.49. The molecule has 5 nitrogen and oxygen atoms in total. The van der Waals surface area contributed by atoms with Gasteiger partial charge in [-0.1, -0.05) is 0 Å². The highest BCUT2D eigenvalue weighted by molar-refractivity contribution is 7.85. The van der Waals surface area contributed by atoms with Gasteiger partial charge in [0.1, 0.15) is 5.75 Å². The first-order valence-corrected chi connectivity index (χ1v) is 6.44. The maximum Gasteiger partial charge on any atom is 0.257 e. The molecule has 6 heteroatoms. The summed E-state index contributed by atoms with van der Waals surface area (Å²) in [5.74, 6) is 0.686. The predicted molar refractivity (Wildman–Crippen MR) is 59.7 cm³/mol. The highest BCUT2D eigenvalue weighted by Crippen LogP contribution is 2.17. The lowest BCUT2D eigenvalue weighted by molar-refractivity contribution is 0.0768. The van der Waals surface area contributed by atoms with E-state index in [0.29, 0.717) is 24.6 Å². The fourth-order valence-corrected chi connectivity index (χ4v) is 2.63. The van der Waals surface area contributed by atoms with E-state index in [2.05, 4.69) is 4.98 Å². The van der Waals surface area contributed by atoms with E-state index in [1.165, 1.54) is 18.5 Å². The van der Waals surface area contributed by atoms with Gasteiger partial charge >= 0.3 is 0 Å². The Morgan fingerprint density at radius 3 is 2.75 bits per heavy atom. The molecule has 0 unspecified atom stereocenters. The summed E-state index contributed by atoms with van der Waals surface area (Å²) in [6.07, 6.45) is 2.71. The quantitative estimate of drug-likeness (QED) is 0.749. The number of aromatic nitrogens is 1. The molecule has 0 saturated carbocycles. The lowest BCUT2D eigenvalue weighted by Crippen LogP contribution is -2.41. The van der Waals surface area contributed by atoms with Crippen LogP contribution in [0.25, 0.3) is 0 Å². The van der Waals surface area contributed by atoms with Gasteiger partial charge in [0.2, 0.25) is 0 Å². The molecule has 1 aromatic heterocycles. The van der Waals surface area contributed by atoms with Crippen LogP contribution in [0, 0.1) is 0 Å². The van der Waals surface area contributed by atoms with E-state index in [4.69, 9.17) is 0 Å². The van der Waals surface area contributed by atoms with Crippen LogP contribution in [0.5, 0.6) is 5.75 Å². The monoisotopic (exact) mass is 240 g/mol. The molecule has 1 saturated heterocycles. The molecule has 0 spiro atoms. The second kappa shape index (κ2) is 4.61. The van der Waals surface area contributed by atoms with Gasteiger partial charge < -0.3 is 10.0 Å². The first kappa shape index (κ1) is 11.1. The Balaban J connectivity index is 2.14. The fourth-order valence-electron chi connectivity index (χ4n) is 1.58. The number of rotatable bonds is 1. The lowest BCUT2D eigenvalue weighted by atomic mass is 10.2. The van der Waals surface area contributed by atoms with E-state index >= 15 is 0 Å². The molecule has 1 N–H and O–H groups in total. The zero-order valence-corrected chi connectivity index (χ0v) is 9.44. The van der Waals surface area contributed by atoms with Crippen molar-refractivity contribution in [2.24, 2.45) is 0 Å². The first-order chi connectivity index (χ1) is 7.68. The van der Waals surface area contributed by atoms with Crippen molar-refractivity contribution >= 4 is 16.7 Å². The van der Waals surface area contributed by atoms with Crippen LogP contribution in [-0.2, 0) is 10.8 Å². The number of nitrogens with zero attached hydrogens (tertiary/aromatic N) is 2. The molecular weight excluding hydrogens is 228 g/mol. The molecule has 0 bridgehead atoms. The Morgan fingerprint density at radius 2 is 2.12 bits per heavy atom. The summed E-state index contributed by atoms with van der Waals surface area (Å²) >= 11 is 0. The molecule has 2 heterocycles. The summed E-state index contributed by atoms with van der Waals surface area (Å²) in [6.45, 7) is 0.959. The Hall–Kier alpha value is -1.43. The number of hydrogen-bond donors (Lipinski definition) is 1. The van der Waals surface area contributed by atoms with E-state index < -0.39 is 10.8 Å². The van der Waals surface area contributed by atoms with Crippen LogP contribution in [0.4, 0.5) is 0 Å². The van der Waals surface area contributed by atoms with E-state index in [1.807, 2.05) is 0 Å². The number of pyridine rings is 1. The van der Waals surface area contributed by atoms with Crippen LogP contribution in [0.15, 0.2) is 18.5 Å². The van der Waals surface area contributed by atoms with Crippen LogP contribution < -0.4 is 0 Å². The van der Waals surface area contributed by atoms with Crippen molar-refractivity contribution in [1.29, 1.82) is 0 Å². The summed E-state index contributed by atoms with van der Waals surface area (Å²) in [6, 6.07) is 1.49. The third-order valence-corrected chi connectivity index (χ3v) is 3.77. The average molecular weight is 240 g/mol. The van der Waals surface area contributed by atoms with Gasteiger partial charge in [0.05, 0.1) is 11.8 Å². The van der Waals surface area contributed by atoms with Crippen molar-refractivity contribution in [3.8, 4) is 5.75 Å². The smallest absolute Gasteiger partial charge is 0.257 e.